The maximum atomic E-state index is 13.3. The fraction of sp³-hybridized carbons (Fsp3) is 0.944. The minimum atomic E-state index is -2.57. The van der Waals surface area contributed by atoms with E-state index in [-0.39, 0.29) is 18.7 Å². The van der Waals surface area contributed by atoms with Crippen molar-refractivity contribution >= 4 is 5.91 Å². The first kappa shape index (κ1) is 19.0. The van der Waals surface area contributed by atoms with Crippen molar-refractivity contribution in [3.63, 3.8) is 0 Å². The molecule has 1 amide bonds. The van der Waals surface area contributed by atoms with Gasteiger partial charge in [0, 0.05) is 39.0 Å². The Labute approximate surface area is 148 Å². The van der Waals surface area contributed by atoms with Crippen molar-refractivity contribution in [2.45, 2.75) is 62.5 Å². The third-order valence-corrected chi connectivity index (χ3v) is 6.44. The fourth-order valence-corrected chi connectivity index (χ4v) is 4.48. The van der Waals surface area contributed by atoms with Crippen LogP contribution in [0.25, 0.3) is 0 Å². The van der Waals surface area contributed by atoms with E-state index in [9.17, 15) is 18.7 Å². The molecule has 0 bridgehead atoms. The summed E-state index contributed by atoms with van der Waals surface area (Å²) in [4.78, 5) is 18.9. The molecular formula is C18H31F2N3O2. The molecule has 0 aromatic heterocycles. The standard InChI is InChI=1S/C18H31F2N3O2/c1-16(5-3-4-9-21(16)2)15(24)23-12-6-17(25,14-23)13-22-10-7-18(19,20)8-11-22/h25H,3-14H2,1-2H3/t16-,17-/m0/s1. The largest absolute Gasteiger partial charge is 0.387 e. The van der Waals surface area contributed by atoms with Crippen LogP contribution in [0.3, 0.4) is 0 Å². The molecule has 3 aliphatic rings. The molecule has 7 heteroatoms. The SMILES string of the molecule is CN1CCCC[C@@]1(C)C(=O)N1CC[C@](O)(CN2CCC(F)(F)CC2)C1. The number of halogens is 2. The molecule has 3 saturated heterocycles. The van der Waals surface area contributed by atoms with Crippen LogP contribution >= 0.6 is 0 Å². The number of β-amino-alcohol motifs (C(OH)–C–C–N with tert-alkyl or cyclic N) is 1. The van der Waals surface area contributed by atoms with Crippen LogP contribution in [-0.4, -0.2) is 89.1 Å². The molecule has 0 radical (unpaired) electrons. The van der Waals surface area contributed by atoms with Gasteiger partial charge < -0.3 is 10.0 Å². The lowest BCUT2D eigenvalue weighted by Crippen LogP contribution is -2.59. The smallest absolute Gasteiger partial charge is 0.250 e. The van der Waals surface area contributed by atoms with Crippen molar-refractivity contribution in [3.8, 4) is 0 Å². The van der Waals surface area contributed by atoms with Crippen LogP contribution in [0.4, 0.5) is 8.78 Å². The third kappa shape index (κ3) is 3.98. The number of aliphatic hydroxyl groups is 1. The number of rotatable bonds is 3. The van der Waals surface area contributed by atoms with E-state index in [2.05, 4.69) is 4.90 Å². The maximum Gasteiger partial charge on any atom is 0.250 e. The molecule has 3 heterocycles. The van der Waals surface area contributed by atoms with Gasteiger partial charge in [0.1, 0.15) is 0 Å². The molecule has 0 aromatic carbocycles. The topological polar surface area (TPSA) is 47.0 Å². The van der Waals surface area contributed by atoms with Crippen LogP contribution in [0.2, 0.25) is 0 Å². The Balaban J connectivity index is 1.58. The predicted molar refractivity (Wildman–Crippen MR) is 91.7 cm³/mol. The number of nitrogens with zero attached hydrogens (tertiary/aromatic N) is 3. The molecule has 3 aliphatic heterocycles. The van der Waals surface area contributed by atoms with Crippen molar-refractivity contribution in [3.05, 3.63) is 0 Å². The first-order valence-electron chi connectivity index (χ1n) is 9.47. The van der Waals surface area contributed by atoms with Crippen molar-refractivity contribution in [2.75, 3.05) is 46.3 Å². The number of likely N-dealkylation sites (tertiary alicyclic amines) is 3. The number of carbonyl (C=O) groups is 1. The molecule has 0 spiro atoms. The van der Waals surface area contributed by atoms with Crippen molar-refractivity contribution in [1.82, 2.24) is 14.7 Å². The first-order chi connectivity index (χ1) is 11.6. The number of hydrogen-bond acceptors (Lipinski definition) is 4. The van der Waals surface area contributed by atoms with Crippen LogP contribution in [0, 0.1) is 0 Å². The summed E-state index contributed by atoms with van der Waals surface area (Å²) in [6, 6.07) is 0. The Morgan fingerprint density at radius 2 is 1.72 bits per heavy atom. The lowest BCUT2D eigenvalue weighted by Gasteiger charge is -2.43. The summed E-state index contributed by atoms with van der Waals surface area (Å²) in [5.74, 6) is -2.48. The van der Waals surface area contributed by atoms with E-state index in [0.29, 0.717) is 39.1 Å². The molecule has 0 saturated carbocycles. The monoisotopic (exact) mass is 359 g/mol. The Hall–Kier alpha value is -0.790. The van der Waals surface area contributed by atoms with E-state index >= 15 is 0 Å². The minimum absolute atomic E-state index is 0.0933. The summed E-state index contributed by atoms with van der Waals surface area (Å²) in [5, 5.41) is 10.9. The van der Waals surface area contributed by atoms with Gasteiger partial charge in [-0.1, -0.05) is 0 Å². The minimum Gasteiger partial charge on any atom is -0.387 e. The number of carbonyl (C=O) groups excluding carboxylic acids is 1. The molecule has 144 valence electrons. The van der Waals surface area contributed by atoms with Gasteiger partial charge in [-0.2, -0.15) is 0 Å². The number of alkyl halides is 2. The summed E-state index contributed by atoms with van der Waals surface area (Å²) >= 11 is 0. The molecule has 0 aromatic rings. The zero-order valence-corrected chi connectivity index (χ0v) is 15.4. The normalized spacial score (nSPS) is 37.4. The van der Waals surface area contributed by atoms with Gasteiger partial charge in [-0.25, -0.2) is 8.78 Å². The highest BCUT2D eigenvalue weighted by Crippen LogP contribution is 2.33. The van der Waals surface area contributed by atoms with Crippen molar-refractivity contribution in [1.29, 1.82) is 0 Å². The first-order valence-corrected chi connectivity index (χ1v) is 9.47. The molecule has 0 unspecified atom stereocenters. The average Bonchev–Trinajstić information content (AvgIpc) is 2.94. The second kappa shape index (κ2) is 6.74. The van der Waals surface area contributed by atoms with Crippen molar-refractivity contribution in [2.24, 2.45) is 0 Å². The van der Waals surface area contributed by atoms with E-state index in [1.807, 2.05) is 18.9 Å². The summed E-state index contributed by atoms with van der Waals surface area (Å²) in [6.45, 7) is 4.76. The second-order valence-corrected chi connectivity index (χ2v) is 8.49. The van der Waals surface area contributed by atoms with Crippen molar-refractivity contribution < 1.29 is 18.7 Å². The zero-order chi connectivity index (χ0) is 18.3. The lowest BCUT2D eigenvalue weighted by molar-refractivity contribution is -0.145. The highest BCUT2D eigenvalue weighted by molar-refractivity contribution is 5.86. The Morgan fingerprint density at radius 3 is 2.36 bits per heavy atom. The van der Waals surface area contributed by atoms with E-state index in [1.54, 1.807) is 4.90 Å². The Kier molecular flexibility index (Phi) is 5.12. The van der Waals surface area contributed by atoms with E-state index < -0.39 is 17.1 Å². The highest BCUT2D eigenvalue weighted by Gasteiger charge is 2.47. The third-order valence-electron chi connectivity index (χ3n) is 6.44. The van der Waals surface area contributed by atoms with E-state index in [0.717, 1.165) is 25.8 Å². The van der Waals surface area contributed by atoms with Crippen LogP contribution in [-0.2, 0) is 4.79 Å². The number of piperidine rings is 2. The summed E-state index contributed by atoms with van der Waals surface area (Å²) < 4.78 is 26.6. The summed E-state index contributed by atoms with van der Waals surface area (Å²) in [5.41, 5.74) is -1.47. The number of likely N-dealkylation sites (N-methyl/N-ethyl adjacent to an activating group) is 1. The average molecular weight is 359 g/mol. The Morgan fingerprint density at radius 1 is 1.04 bits per heavy atom. The van der Waals surface area contributed by atoms with Gasteiger partial charge in [0.25, 0.3) is 5.92 Å². The summed E-state index contributed by atoms with van der Waals surface area (Å²) in [7, 11) is 1.99. The molecule has 0 aliphatic carbocycles. The predicted octanol–water partition coefficient (Wildman–Crippen LogP) is 1.56. The number of amides is 1. The molecule has 3 rings (SSSR count). The van der Waals surface area contributed by atoms with Crippen LogP contribution in [0.5, 0.6) is 0 Å². The van der Waals surface area contributed by atoms with Crippen LogP contribution < -0.4 is 0 Å². The quantitative estimate of drug-likeness (QED) is 0.831. The lowest BCUT2D eigenvalue weighted by atomic mass is 9.87. The van der Waals surface area contributed by atoms with E-state index in [4.69, 9.17) is 0 Å². The fourth-order valence-electron chi connectivity index (χ4n) is 4.48. The maximum absolute atomic E-state index is 13.3. The second-order valence-electron chi connectivity index (χ2n) is 8.49. The van der Waals surface area contributed by atoms with Gasteiger partial charge in [0.2, 0.25) is 5.91 Å². The molecule has 5 nitrogen and oxygen atoms in total. The molecule has 2 atom stereocenters. The van der Waals surface area contributed by atoms with Gasteiger partial charge in [0.05, 0.1) is 17.7 Å². The highest BCUT2D eigenvalue weighted by atomic mass is 19.3. The van der Waals surface area contributed by atoms with E-state index in [1.165, 1.54) is 0 Å². The van der Waals surface area contributed by atoms with Gasteiger partial charge in [-0.15, -0.1) is 0 Å². The molecule has 1 N–H and O–H groups in total. The zero-order valence-electron chi connectivity index (χ0n) is 15.4. The van der Waals surface area contributed by atoms with Crippen LogP contribution in [0.1, 0.15) is 45.4 Å². The van der Waals surface area contributed by atoms with Gasteiger partial charge in [-0.05, 0) is 46.2 Å². The van der Waals surface area contributed by atoms with Gasteiger partial charge >= 0.3 is 0 Å². The molecule has 3 fully saturated rings. The van der Waals surface area contributed by atoms with Gasteiger partial charge in [0.15, 0.2) is 0 Å². The Bertz CT molecular complexity index is 509. The summed E-state index contributed by atoms with van der Waals surface area (Å²) in [6.07, 6.45) is 3.24. The number of hydrogen-bond donors (Lipinski definition) is 1. The van der Waals surface area contributed by atoms with Crippen LogP contribution in [0.15, 0.2) is 0 Å². The molecule has 25 heavy (non-hydrogen) atoms. The van der Waals surface area contributed by atoms with Gasteiger partial charge in [-0.3, -0.25) is 14.6 Å². The molecular weight excluding hydrogens is 328 g/mol.